The molecule has 0 atom stereocenters. The zero-order valence-electron chi connectivity index (χ0n) is 21.4. The topological polar surface area (TPSA) is 82.6 Å². The number of nitrogens with one attached hydrogen (secondary N) is 1. The maximum atomic E-state index is 13.0. The Morgan fingerprint density at radius 3 is 2.33 bits per heavy atom. The molecule has 192 valence electrons. The van der Waals surface area contributed by atoms with Gasteiger partial charge in [0.05, 0.1) is 4.90 Å². The van der Waals surface area contributed by atoms with E-state index in [9.17, 15) is 13.2 Å². The van der Waals surface area contributed by atoms with Crippen LogP contribution in [0.5, 0.6) is 0 Å². The molecule has 1 aromatic heterocycles. The van der Waals surface area contributed by atoms with Crippen molar-refractivity contribution in [3.05, 3.63) is 59.2 Å². The number of thiazole rings is 1. The Kier molecular flexibility index (Phi) is 8.12. The fourth-order valence-electron chi connectivity index (χ4n) is 4.46. The van der Waals surface area contributed by atoms with Crippen LogP contribution in [0.15, 0.2) is 47.4 Å². The summed E-state index contributed by atoms with van der Waals surface area (Å²) in [5.74, 6) is -0.315. The molecule has 1 aliphatic rings. The van der Waals surface area contributed by atoms with Crippen molar-refractivity contribution in [3.63, 3.8) is 0 Å². The van der Waals surface area contributed by atoms with Crippen LogP contribution in [0.2, 0.25) is 0 Å². The molecule has 1 N–H and O–H groups in total. The minimum absolute atomic E-state index is 0.219. The first-order valence-electron chi connectivity index (χ1n) is 12.5. The number of anilines is 2. The SMILES string of the molecule is CCN(CC)c1sc(NC(=O)c2ccc(S(=O)(=O)N3CCCCC3)cc2)nc1-c1cc(C)ccc1C. The largest absolute Gasteiger partial charge is 0.362 e. The summed E-state index contributed by atoms with van der Waals surface area (Å²) < 4.78 is 27.4. The lowest BCUT2D eigenvalue weighted by Crippen LogP contribution is -2.35. The van der Waals surface area contributed by atoms with Gasteiger partial charge in [-0.1, -0.05) is 35.5 Å². The average molecular weight is 527 g/mol. The standard InChI is InChI=1S/C27H34N4O3S2/c1-5-30(6-2)26-24(23-18-19(3)10-11-20(23)4)28-27(35-26)29-25(32)21-12-14-22(15-13-21)36(33,34)31-16-8-7-9-17-31/h10-15,18H,5-9,16-17H2,1-4H3,(H,28,29,32). The van der Waals surface area contributed by atoms with Gasteiger partial charge in [0.15, 0.2) is 5.13 Å². The van der Waals surface area contributed by atoms with Crippen LogP contribution in [0, 0.1) is 13.8 Å². The average Bonchev–Trinajstić information content (AvgIpc) is 3.30. The zero-order valence-corrected chi connectivity index (χ0v) is 23.0. The van der Waals surface area contributed by atoms with Gasteiger partial charge >= 0.3 is 0 Å². The Morgan fingerprint density at radius 2 is 1.69 bits per heavy atom. The minimum atomic E-state index is -3.53. The van der Waals surface area contributed by atoms with Crippen LogP contribution in [-0.4, -0.2) is 49.8 Å². The fraction of sp³-hybridized carbons (Fsp3) is 0.407. The van der Waals surface area contributed by atoms with Gasteiger partial charge in [-0.25, -0.2) is 13.4 Å². The highest BCUT2D eigenvalue weighted by molar-refractivity contribution is 7.89. The molecule has 2 heterocycles. The van der Waals surface area contributed by atoms with Crippen LogP contribution in [0.1, 0.15) is 54.6 Å². The van der Waals surface area contributed by atoms with Gasteiger partial charge in [0.2, 0.25) is 10.0 Å². The molecule has 0 unspecified atom stereocenters. The quantitative estimate of drug-likeness (QED) is 0.407. The molecule has 1 saturated heterocycles. The zero-order chi connectivity index (χ0) is 25.9. The van der Waals surface area contributed by atoms with E-state index in [2.05, 4.69) is 56.1 Å². The molecule has 9 heteroatoms. The molecule has 0 aliphatic carbocycles. The normalized spacial score (nSPS) is 14.6. The van der Waals surface area contributed by atoms with E-state index in [1.807, 2.05) is 0 Å². The summed E-state index contributed by atoms with van der Waals surface area (Å²) in [5, 5.41) is 4.47. The first-order chi connectivity index (χ1) is 17.2. The second-order valence-corrected chi connectivity index (χ2v) is 12.0. The molecular weight excluding hydrogens is 492 g/mol. The van der Waals surface area contributed by atoms with Crippen LogP contribution < -0.4 is 10.2 Å². The van der Waals surface area contributed by atoms with Gasteiger partial charge in [0.25, 0.3) is 5.91 Å². The number of nitrogens with zero attached hydrogens (tertiary/aromatic N) is 3. The highest BCUT2D eigenvalue weighted by atomic mass is 32.2. The lowest BCUT2D eigenvalue weighted by Gasteiger charge is -2.25. The number of benzene rings is 2. The van der Waals surface area contributed by atoms with Crippen molar-refractivity contribution in [1.29, 1.82) is 0 Å². The van der Waals surface area contributed by atoms with Crippen molar-refractivity contribution in [1.82, 2.24) is 9.29 Å². The van der Waals surface area contributed by atoms with Crippen molar-refractivity contribution >= 4 is 37.4 Å². The third-order valence-corrected chi connectivity index (χ3v) is 9.54. The van der Waals surface area contributed by atoms with E-state index >= 15 is 0 Å². The van der Waals surface area contributed by atoms with Crippen molar-refractivity contribution < 1.29 is 13.2 Å². The molecule has 36 heavy (non-hydrogen) atoms. The van der Waals surface area contributed by atoms with E-state index in [1.165, 1.54) is 27.8 Å². The van der Waals surface area contributed by atoms with E-state index in [0.717, 1.165) is 59.7 Å². The molecule has 0 bridgehead atoms. The summed E-state index contributed by atoms with van der Waals surface area (Å²) in [6.45, 7) is 11.1. The van der Waals surface area contributed by atoms with Gasteiger partial charge in [-0.3, -0.25) is 10.1 Å². The number of aromatic nitrogens is 1. The lowest BCUT2D eigenvalue weighted by atomic mass is 10.0. The Labute approximate surface area is 218 Å². The number of piperidine rings is 1. The van der Waals surface area contributed by atoms with Gasteiger partial charge in [-0.2, -0.15) is 4.31 Å². The van der Waals surface area contributed by atoms with E-state index in [4.69, 9.17) is 4.98 Å². The van der Waals surface area contributed by atoms with Crippen LogP contribution in [0.25, 0.3) is 11.3 Å². The fourth-order valence-corrected chi connectivity index (χ4v) is 7.08. The molecule has 0 radical (unpaired) electrons. The number of aryl methyl sites for hydroxylation is 2. The van der Waals surface area contributed by atoms with Gasteiger partial charge in [-0.05, 0) is 76.4 Å². The van der Waals surface area contributed by atoms with Crippen molar-refractivity contribution in [2.45, 2.75) is 51.9 Å². The number of rotatable bonds is 8. The molecule has 7 nitrogen and oxygen atoms in total. The first-order valence-corrected chi connectivity index (χ1v) is 14.7. The number of carbonyl (C=O) groups excluding carboxylic acids is 1. The number of amides is 1. The van der Waals surface area contributed by atoms with Gasteiger partial charge in [0, 0.05) is 37.3 Å². The first kappa shape index (κ1) is 26.3. The second-order valence-electron chi connectivity index (χ2n) is 9.11. The Hall–Kier alpha value is -2.75. The van der Waals surface area contributed by atoms with Crippen molar-refractivity contribution in [2.75, 3.05) is 36.4 Å². The van der Waals surface area contributed by atoms with E-state index in [-0.39, 0.29) is 10.8 Å². The third kappa shape index (κ3) is 5.48. The van der Waals surface area contributed by atoms with Crippen LogP contribution in [-0.2, 0) is 10.0 Å². The van der Waals surface area contributed by atoms with Crippen molar-refractivity contribution in [3.8, 4) is 11.3 Å². The molecule has 1 aliphatic heterocycles. The van der Waals surface area contributed by atoms with Crippen LogP contribution in [0.3, 0.4) is 0 Å². The number of carbonyl (C=O) groups is 1. The highest BCUT2D eigenvalue weighted by Gasteiger charge is 2.26. The van der Waals surface area contributed by atoms with E-state index in [1.54, 1.807) is 12.1 Å². The van der Waals surface area contributed by atoms with Crippen molar-refractivity contribution in [2.24, 2.45) is 0 Å². The summed E-state index contributed by atoms with van der Waals surface area (Å²) in [4.78, 5) is 20.3. The summed E-state index contributed by atoms with van der Waals surface area (Å²) in [6, 6.07) is 12.5. The highest BCUT2D eigenvalue weighted by Crippen LogP contribution is 2.40. The number of hydrogen-bond donors (Lipinski definition) is 1. The van der Waals surface area contributed by atoms with Crippen LogP contribution in [0.4, 0.5) is 10.1 Å². The molecule has 0 spiro atoms. The summed E-state index contributed by atoms with van der Waals surface area (Å²) in [5.41, 5.74) is 4.59. The maximum Gasteiger partial charge on any atom is 0.257 e. The molecule has 1 fully saturated rings. The summed E-state index contributed by atoms with van der Waals surface area (Å²) >= 11 is 1.46. The number of hydrogen-bond acceptors (Lipinski definition) is 6. The monoisotopic (exact) mass is 526 g/mol. The van der Waals surface area contributed by atoms with Gasteiger partial charge in [0.1, 0.15) is 10.7 Å². The molecule has 3 aromatic rings. The summed E-state index contributed by atoms with van der Waals surface area (Å²) in [7, 11) is -3.53. The van der Waals surface area contributed by atoms with Crippen LogP contribution >= 0.6 is 11.3 Å². The Balaban J connectivity index is 1.59. The Morgan fingerprint density at radius 1 is 1.03 bits per heavy atom. The molecule has 0 saturated carbocycles. The molecular formula is C27H34N4O3S2. The lowest BCUT2D eigenvalue weighted by molar-refractivity contribution is 0.102. The smallest absolute Gasteiger partial charge is 0.257 e. The molecule has 2 aromatic carbocycles. The van der Waals surface area contributed by atoms with Gasteiger partial charge in [-0.15, -0.1) is 0 Å². The third-order valence-electron chi connectivity index (χ3n) is 6.60. The minimum Gasteiger partial charge on any atom is -0.362 e. The summed E-state index contributed by atoms with van der Waals surface area (Å²) in [6.07, 6.45) is 2.82. The Bertz CT molecular complexity index is 1320. The van der Waals surface area contributed by atoms with E-state index < -0.39 is 10.0 Å². The second kappa shape index (κ2) is 11.1. The maximum absolute atomic E-state index is 13.0. The predicted octanol–water partition coefficient (Wildman–Crippen LogP) is 5.70. The molecule has 4 rings (SSSR count). The predicted molar refractivity (Wildman–Crippen MR) is 148 cm³/mol. The number of sulfonamides is 1. The van der Waals surface area contributed by atoms with Gasteiger partial charge < -0.3 is 4.90 Å². The molecule has 1 amide bonds. The van der Waals surface area contributed by atoms with E-state index in [0.29, 0.717) is 23.8 Å².